The number of imidazole rings is 1. The van der Waals surface area contributed by atoms with Crippen molar-refractivity contribution in [3.05, 3.63) is 24.3 Å². The Bertz CT molecular complexity index is 799. The highest BCUT2D eigenvalue weighted by Gasteiger charge is 2.28. The number of hydrogen-bond acceptors (Lipinski definition) is 6. The van der Waals surface area contributed by atoms with Gasteiger partial charge in [0, 0.05) is 26.7 Å². The Hall–Kier alpha value is -2.06. The van der Waals surface area contributed by atoms with Crippen LogP contribution in [0.2, 0.25) is 0 Å². The van der Waals surface area contributed by atoms with Crippen LogP contribution in [-0.4, -0.2) is 66.0 Å². The molecule has 0 saturated carbocycles. The zero-order valence-electron chi connectivity index (χ0n) is 15.7. The van der Waals surface area contributed by atoms with Crippen LogP contribution in [0.5, 0.6) is 0 Å². The van der Waals surface area contributed by atoms with Crippen LogP contribution in [0.4, 0.5) is 0 Å². The molecule has 146 valence electrons. The monoisotopic (exact) mass is 391 g/mol. The predicted molar refractivity (Wildman–Crippen MR) is 104 cm³/mol. The third kappa shape index (κ3) is 4.62. The van der Waals surface area contributed by atoms with Crippen molar-refractivity contribution in [3.8, 4) is 0 Å². The highest BCUT2D eigenvalue weighted by Crippen LogP contribution is 2.25. The van der Waals surface area contributed by atoms with Gasteiger partial charge in [0.1, 0.15) is 0 Å². The number of benzene rings is 1. The molecule has 27 heavy (non-hydrogen) atoms. The lowest BCUT2D eigenvalue weighted by atomic mass is 9.97. The van der Waals surface area contributed by atoms with Crippen molar-refractivity contribution in [2.45, 2.75) is 24.5 Å². The van der Waals surface area contributed by atoms with Gasteiger partial charge >= 0.3 is 5.97 Å². The van der Waals surface area contributed by atoms with Gasteiger partial charge in [-0.25, -0.2) is 4.98 Å². The van der Waals surface area contributed by atoms with E-state index in [1.54, 1.807) is 7.11 Å². The van der Waals surface area contributed by atoms with Crippen LogP contribution in [0.25, 0.3) is 11.0 Å². The Morgan fingerprint density at radius 3 is 2.67 bits per heavy atom. The van der Waals surface area contributed by atoms with E-state index < -0.39 is 0 Å². The van der Waals surface area contributed by atoms with Crippen LogP contribution in [0.3, 0.4) is 0 Å². The van der Waals surface area contributed by atoms with Crippen molar-refractivity contribution >= 4 is 34.7 Å². The fourth-order valence-corrected chi connectivity index (χ4v) is 4.25. The molecule has 7 nitrogen and oxygen atoms in total. The summed E-state index contributed by atoms with van der Waals surface area (Å²) in [7, 11) is 3.08. The van der Waals surface area contributed by atoms with Crippen LogP contribution in [0, 0.1) is 5.92 Å². The van der Waals surface area contributed by atoms with Gasteiger partial charge in [-0.1, -0.05) is 23.9 Å². The Balaban J connectivity index is 1.61. The summed E-state index contributed by atoms with van der Waals surface area (Å²) in [4.78, 5) is 30.7. The van der Waals surface area contributed by atoms with Gasteiger partial charge in [-0.15, -0.1) is 0 Å². The summed E-state index contributed by atoms with van der Waals surface area (Å²) in [5.74, 6) is 0.140. The number of esters is 1. The molecular weight excluding hydrogens is 366 g/mol. The topological polar surface area (TPSA) is 73.7 Å². The minimum atomic E-state index is -0.177. The Labute approximate surface area is 163 Å². The van der Waals surface area contributed by atoms with E-state index in [9.17, 15) is 9.59 Å². The van der Waals surface area contributed by atoms with Crippen molar-refractivity contribution < 1.29 is 19.1 Å². The van der Waals surface area contributed by atoms with Crippen LogP contribution in [0.15, 0.2) is 29.4 Å². The van der Waals surface area contributed by atoms with Crippen molar-refractivity contribution in [1.82, 2.24) is 14.5 Å². The SMILES string of the molecule is COCCn1c(SCC(=O)N2CCC(C(=O)OC)CC2)nc2ccccc21. The number of fused-ring (bicyclic) bond motifs is 1. The number of carbonyl (C=O) groups excluding carboxylic acids is 2. The first-order valence-electron chi connectivity index (χ1n) is 9.06. The molecule has 1 aliphatic heterocycles. The number of rotatable bonds is 7. The van der Waals surface area contributed by atoms with E-state index in [4.69, 9.17) is 9.47 Å². The molecule has 3 rings (SSSR count). The Morgan fingerprint density at radius 1 is 1.22 bits per heavy atom. The first-order chi connectivity index (χ1) is 13.1. The summed E-state index contributed by atoms with van der Waals surface area (Å²) >= 11 is 1.45. The van der Waals surface area contributed by atoms with Crippen molar-refractivity contribution in [2.75, 3.05) is 39.7 Å². The maximum absolute atomic E-state index is 12.6. The molecule has 0 spiro atoms. The molecule has 0 atom stereocenters. The minimum absolute atomic E-state index is 0.0775. The number of piperidine rings is 1. The van der Waals surface area contributed by atoms with E-state index in [2.05, 4.69) is 9.55 Å². The molecule has 1 fully saturated rings. The summed E-state index contributed by atoms with van der Waals surface area (Å²) in [5, 5.41) is 0.825. The Kier molecular flexibility index (Phi) is 6.73. The van der Waals surface area contributed by atoms with Crippen LogP contribution in [-0.2, 0) is 25.6 Å². The molecular formula is C19H25N3O4S. The third-order valence-corrected chi connectivity index (χ3v) is 5.81. The van der Waals surface area contributed by atoms with E-state index >= 15 is 0 Å². The van der Waals surface area contributed by atoms with Crippen LogP contribution in [0.1, 0.15) is 12.8 Å². The van der Waals surface area contributed by atoms with Crippen LogP contribution < -0.4 is 0 Å². The second-order valence-corrected chi connectivity index (χ2v) is 7.44. The van der Waals surface area contributed by atoms with Gasteiger partial charge in [0.05, 0.1) is 36.4 Å². The smallest absolute Gasteiger partial charge is 0.308 e. The number of nitrogens with zero attached hydrogens (tertiary/aromatic N) is 3. The lowest BCUT2D eigenvalue weighted by Gasteiger charge is -2.30. The fourth-order valence-electron chi connectivity index (χ4n) is 3.31. The van der Waals surface area contributed by atoms with Gasteiger partial charge in [-0.2, -0.15) is 0 Å². The second-order valence-electron chi connectivity index (χ2n) is 6.49. The zero-order valence-corrected chi connectivity index (χ0v) is 16.5. The largest absolute Gasteiger partial charge is 0.469 e. The normalized spacial score (nSPS) is 15.3. The van der Waals surface area contributed by atoms with Gasteiger partial charge in [-0.05, 0) is 25.0 Å². The second kappa shape index (κ2) is 9.23. The fraction of sp³-hybridized carbons (Fsp3) is 0.526. The van der Waals surface area contributed by atoms with Gasteiger partial charge in [0.15, 0.2) is 5.16 Å². The number of hydrogen-bond donors (Lipinski definition) is 0. The summed E-state index contributed by atoms with van der Waals surface area (Å²) in [6, 6.07) is 7.95. The number of thioether (sulfide) groups is 1. The van der Waals surface area contributed by atoms with Crippen molar-refractivity contribution in [3.63, 3.8) is 0 Å². The maximum Gasteiger partial charge on any atom is 0.308 e. The number of para-hydroxylation sites is 2. The van der Waals surface area contributed by atoms with E-state index in [-0.39, 0.29) is 17.8 Å². The van der Waals surface area contributed by atoms with E-state index in [0.29, 0.717) is 44.8 Å². The molecule has 2 aromatic rings. The molecule has 8 heteroatoms. The lowest BCUT2D eigenvalue weighted by Crippen LogP contribution is -2.41. The van der Waals surface area contributed by atoms with Crippen molar-refractivity contribution in [2.24, 2.45) is 5.92 Å². The summed E-state index contributed by atoms with van der Waals surface area (Å²) in [5.41, 5.74) is 1.96. The van der Waals surface area contributed by atoms with Crippen LogP contribution >= 0.6 is 11.8 Å². The molecule has 1 aromatic carbocycles. The molecule has 0 bridgehead atoms. The van der Waals surface area contributed by atoms with Crippen molar-refractivity contribution in [1.29, 1.82) is 0 Å². The first kappa shape index (κ1) is 19.7. The molecule has 0 radical (unpaired) electrons. The minimum Gasteiger partial charge on any atom is -0.469 e. The molecule has 2 heterocycles. The number of amides is 1. The predicted octanol–water partition coefficient (Wildman–Crippen LogP) is 2.19. The highest BCUT2D eigenvalue weighted by molar-refractivity contribution is 7.99. The summed E-state index contributed by atoms with van der Waals surface area (Å²) in [6.45, 7) is 2.47. The molecule has 1 aromatic heterocycles. The van der Waals surface area contributed by atoms with Gasteiger partial charge < -0.3 is 18.9 Å². The van der Waals surface area contributed by atoms with E-state index in [0.717, 1.165) is 16.2 Å². The summed E-state index contributed by atoms with van der Waals surface area (Å²) in [6.07, 6.45) is 1.32. The average molecular weight is 391 g/mol. The first-order valence-corrected chi connectivity index (χ1v) is 10.0. The standard InChI is InChI=1S/C19H25N3O4S/c1-25-12-11-22-16-6-4-3-5-15(16)20-19(22)27-13-17(23)21-9-7-14(8-10-21)18(24)26-2/h3-6,14H,7-13H2,1-2H3. The number of methoxy groups -OCH3 is 2. The summed E-state index contributed by atoms with van der Waals surface area (Å²) < 4.78 is 12.1. The lowest BCUT2D eigenvalue weighted by molar-refractivity contribution is -0.148. The van der Waals surface area contributed by atoms with E-state index in [1.807, 2.05) is 29.2 Å². The quantitative estimate of drug-likeness (QED) is 0.532. The molecule has 1 amide bonds. The molecule has 0 aliphatic carbocycles. The number of carbonyl (C=O) groups is 2. The zero-order chi connectivity index (χ0) is 19.2. The highest BCUT2D eigenvalue weighted by atomic mass is 32.2. The third-order valence-electron chi connectivity index (χ3n) is 4.85. The maximum atomic E-state index is 12.6. The molecule has 0 unspecified atom stereocenters. The average Bonchev–Trinajstić information content (AvgIpc) is 3.07. The van der Waals surface area contributed by atoms with Gasteiger partial charge in [0.25, 0.3) is 0 Å². The molecule has 1 saturated heterocycles. The van der Waals surface area contributed by atoms with Gasteiger partial charge in [0.2, 0.25) is 5.91 Å². The van der Waals surface area contributed by atoms with E-state index in [1.165, 1.54) is 18.9 Å². The molecule has 1 aliphatic rings. The Morgan fingerprint density at radius 2 is 1.96 bits per heavy atom. The molecule has 0 N–H and O–H groups in total. The number of ether oxygens (including phenoxy) is 2. The number of aromatic nitrogens is 2. The van der Waals surface area contributed by atoms with Gasteiger partial charge in [-0.3, -0.25) is 9.59 Å². The number of likely N-dealkylation sites (tertiary alicyclic amines) is 1.